The molecule has 2 aromatic rings. The first-order valence-corrected chi connectivity index (χ1v) is 3.75. The van der Waals surface area contributed by atoms with Gasteiger partial charge in [0.15, 0.2) is 17.0 Å². The number of hydrogen-bond acceptors (Lipinski definition) is 5. The Morgan fingerprint density at radius 1 is 1.50 bits per heavy atom. The van der Waals surface area contributed by atoms with Crippen LogP contribution in [0, 0.1) is 6.92 Å². The fraction of sp³-hybridized carbons (Fsp3) is 0.167. The molecule has 0 amide bonds. The summed E-state index contributed by atoms with van der Waals surface area (Å²) in [6.45, 7) is 1.77. The number of aromatic nitrogens is 4. The molecule has 0 saturated carbocycles. The van der Waals surface area contributed by atoms with Crippen molar-refractivity contribution in [2.75, 3.05) is 5.73 Å². The van der Waals surface area contributed by atoms with E-state index in [9.17, 15) is 0 Å². The Morgan fingerprint density at radius 3 is 3.00 bits per heavy atom. The molecule has 2 aromatic heterocycles. The minimum Gasteiger partial charge on any atom is -0.382 e. The van der Waals surface area contributed by atoms with Crippen LogP contribution in [0.1, 0.15) is 5.82 Å². The second kappa shape index (κ2) is 2.34. The Kier molecular flexibility index (Phi) is 1.44. The summed E-state index contributed by atoms with van der Waals surface area (Å²) in [5, 5.41) is 0. The predicted octanol–water partition coefficient (Wildman–Crippen LogP) is 0.410. The van der Waals surface area contributed by atoms with Gasteiger partial charge in [-0.2, -0.15) is 0 Å². The molecular weight excluding hydrogens is 174 g/mol. The second-order valence-electron chi connectivity index (χ2n) is 2.42. The Labute approximate surface area is 74.2 Å². The van der Waals surface area contributed by atoms with Crippen LogP contribution < -0.4 is 5.73 Å². The molecule has 62 valence electrons. The van der Waals surface area contributed by atoms with Gasteiger partial charge in [0.2, 0.25) is 0 Å². The van der Waals surface area contributed by atoms with Crippen LogP contribution in [0.2, 0.25) is 0 Å². The van der Waals surface area contributed by atoms with Crippen molar-refractivity contribution in [2.45, 2.75) is 6.92 Å². The standard InChI is InChI=1S/C6H7N5S/c1-3-9-5(7)4-6(10-3)11(12)2-8-4/h2,12H,1H3,(H2,7,9,10). The topological polar surface area (TPSA) is 69.6 Å². The van der Waals surface area contributed by atoms with Gasteiger partial charge in [0.25, 0.3) is 0 Å². The first-order valence-electron chi connectivity index (χ1n) is 3.35. The minimum atomic E-state index is 0.394. The fourth-order valence-electron chi connectivity index (χ4n) is 1.02. The van der Waals surface area contributed by atoms with Gasteiger partial charge in [-0.05, 0) is 6.92 Å². The maximum atomic E-state index is 5.61. The highest BCUT2D eigenvalue weighted by Crippen LogP contribution is 2.15. The van der Waals surface area contributed by atoms with Crippen LogP contribution in [-0.4, -0.2) is 18.9 Å². The lowest BCUT2D eigenvalue weighted by molar-refractivity contribution is 1.08. The van der Waals surface area contributed by atoms with E-state index >= 15 is 0 Å². The van der Waals surface area contributed by atoms with Crippen molar-refractivity contribution < 1.29 is 0 Å². The molecule has 0 aliphatic rings. The highest BCUT2D eigenvalue weighted by molar-refractivity contribution is 7.78. The van der Waals surface area contributed by atoms with Crippen molar-refractivity contribution in [1.29, 1.82) is 0 Å². The van der Waals surface area contributed by atoms with E-state index in [-0.39, 0.29) is 0 Å². The molecule has 0 spiro atoms. The molecule has 6 heteroatoms. The van der Waals surface area contributed by atoms with Gasteiger partial charge >= 0.3 is 0 Å². The number of hydrogen-bond donors (Lipinski definition) is 2. The maximum absolute atomic E-state index is 5.61. The molecule has 0 radical (unpaired) electrons. The van der Waals surface area contributed by atoms with Gasteiger partial charge in [-0.15, -0.1) is 0 Å². The fourth-order valence-corrected chi connectivity index (χ4v) is 1.21. The van der Waals surface area contributed by atoms with Crippen LogP contribution in [0.3, 0.4) is 0 Å². The molecule has 5 nitrogen and oxygen atoms in total. The van der Waals surface area contributed by atoms with Crippen molar-refractivity contribution in [2.24, 2.45) is 0 Å². The number of fused-ring (bicyclic) bond motifs is 1. The molecule has 0 aromatic carbocycles. The highest BCUT2D eigenvalue weighted by Gasteiger charge is 2.06. The smallest absolute Gasteiger partial charge is 0.175 e. The number of imidazole rings is 1. The van der Waals surface area contributed by atoms with E-state index in [1.54, 1.807) is 6.92 Å². The Balaban J connectivity index is 2.92. The molecule has 0 bridgehead atoms. The van der Waals surface area contributed by atoms with Crippen LogP contribution >= 0.6 is 12.8 Å². The number of nitrogens with zero attached hydrogens (tertiary/aromatic N) is 4. The predicted molar refractivity (Wildman–Crippen MR) is 48.9 cm³/mol. The third-order valence-electron chi connectivity index (χ3n) is 1.52. The van der Waals surface area contributed by atoms with Crippen molar-refractivity contribution in [3.8, 4) is 0 Å². The van der Waals surface area contributed by atoms with Gasteiger partial charge < -0.3 is 5.73 Å². The van der Waals surface area contributed by atoms with E-state index in [0.29, 0.717) is 22.8 Å². The number of aryl methyl sites for hydroxylation is 1. The summed E-state index contributed by atoms with van der Waals surface area (Å²) in [6, 6.07) is 0. The summed E-state index contributed by atoms with van der Waals surface area (Å²) in [5.74, 6) is 1.01. The SMILES string of the molecule is Cc1nc(N)c2ncn(S)c2n1. The lowest BCUT2D eigenvalue weighted by Crippen LogP contribution is -1.97. The normalized spacial score (nSPS) is 10.8. The van der Waals surface area contributed by atoms with E-state index in [1.165, 1.54) is 10.3 Å². The van der Waals surface area contributed by atoms with E-state index in [2.05, 4.69) is 27.8 Å². The lowest BCUT2D eigenvalue weighted by Gasteiger charge is -1.96. The van der Waals surface area contributed by atoms with Gasteiger partial charge in [-0.1, -0.05) is 12.8 Å². The summed E-state index contributed by atoms with van der Waals surface area (Å²) in [6.07, 6.45) is 1.54. The molecule has 2 N–H and O–H groups in total. The summed E-state index contributed by atoms with van der Waals surface area (Å²) < 4.78 is 1.51. The largest absolute Gasteiger partial charge is 0.382 e. The van der Waals surface area contributed by atoms with Crippen LogP contribution in [0.4, 0.5) is 5.82 Å². The monoisotopic (exact) mass is 181 g/mol. The van der Waals surface area contributed by atoms with Gasteiger partial charge in [0.1, 0.15) is 12.2 Å². The minimum absolute atomic E-state index is 0.394. The number of anilines is 1. The van der Waals surface area contributed by atoms with Crippen molar-refractivity contribution in [1.82, 2.24) is 18.9 Å². The maximum Gasteiger partial charge on any atom is 0.175 e. The third-order valence-corrected chi connectivity index (χ3v) is 1.81. The lowest BCUT2D eigenvalue weighted by atomic mass is 10.5. The van der Waals surface area contributed by atoms with Gasteiger partial charge in [0, 0.05) is 0 Å². The van der Waals surface area contributed by atoms with Gasteiger partial charge in [-0.25, -0.2) is 15.0 Å². The molecule has 0 aliphatic heterocycles. The second-order valence-corrected chi connectivity index (χ2v) is 2.85. The summed E-state index contributed by atoms with van der Waals surface area (Å²) >= 11 is 4.10. The quantitative estimate of drug-likeness (QED) is 0.577. The molecule has 2 rings (SSSR count). The first-order chi connectivity index (χ1) is 5.68. The van der Waals surface area contributed by atoms with Crippen LogP contribution in [-0.2, 0) is 0 Å². The van der Waals surface area contributed by atoms with E-state index in [4.69, 9.17) is 5.73 Å². The number of thiol groups is 1. The zero-order valence-corrected chi connectivity index (χ0v) is 7.29. The molecule has 0 aliphatic carbocycles. The molecule has 0 unspecified atom stereocenters. The van der Waals surface area contributed by atoms with Gasteiger partial charge in [-0.3, -0.25) is 3.97 Å². The van der Waals surface area contributed by atoms with Crippen LogP contribution in [0.25, 0.3) is 11.2 Å². The van der Waals surface area contributed by atoms with Gasteiger partial charge in [0.05, 0.1) is 0 Å². The zero-order valence-electron chi connectivity index (χ0n) is 6.39. The Morgan fingerprint density at radius 2 is 2.25 bits per heavy atom. The number of nitrogen functional groups attached to an aromatic ring is 1. The molecular formula is C6H7N5S. The Hall–Kier alpha value is -1.30. The summed E-state index contributed by atoms with van der Waals surface area (Å²) in [4.78, 5) is 12.1. The highest BCUT2D eigenvalue weighted by atomic mass is 32.1. The Bertz CT molecular complexity index is 435. The molecule has 0 atom stereocenters. The van der Waals surface area contributed by atoms with E-state index in [0.717, 1.165) is 0 Å². The van der Waals surface area contributed by atoms with Crippen LogP contribution in [0.5, 0.6) is 0 Å². The number of rotatable bonds is 0. The van der Waals surface area contributed by atoms with Crippen molar-refractivity contribution >= 4 is 29.8 Å². The van der Waals surface area contributed by atoms with Crippen LogP contribution in [0.15, 0.2) is 6.33 Å². The van der Waals surface area contributed by atoms with Crippen molar-refractivity contribution in [3.05, 3.63) is 12.2 Å². The average molecular weight is 181 g/mol. The van der Waals surface area contributed by atoms with E-state index < -0.39 is 0 Å². The molecule has 2 heterocycles. The summed E-state index contributed by atoms with van der Waals surface area (Å²) in [5.41, 5.74) is 6.84. The van der Waals surface area contributed by atoms with E-state index in [1.807, 2.05) is 0 Å². The number of nitrogens with two attached hydrogens (primary N) is 1. The summed E-state index contributed by atoms with van der Waals surface area (Å²) in [7, 11) is 0. The zero-order chi connectivity index (χ0) is 8.72. The third kappa shape index (κ3) is 0.918. The molecule has 0 fully saturated rings. The van der Waals surface area contributed by atoms with Crippen molar-refractivity contribution in [3.63, 3.8) is 0 Å². The molecule has 12 heavy (non-hydrogen) atoms. The average Bonchev–Trinajstić information content (AvgIpc) is 2.33. The first kappa shape index (κ1) is 7.35. The molecule has 0 saturated heterocycles.